The zero-order valence-corrected chi connectivity index (χ0v) is 14.0. The number of carbonyl (C=O) groups is 2. The lowest BCUT2D eigenvalue weighted by molar-refractivity contribution is -0.122. The summed E-state index contributed by atoms with van der Waals surface area (Å²) in [5.41, 5.74) is 5.81. The number of rotatable bonds is 3. The molecule has 1 saturated carbocycles. The van der Waals surface area contributed by atoms with E-state index in [4.69, 9.17) is 5.73 Å². The fraction of sp³-hybridized carbons (Fsp3) is 0.750. The Bertz CT molecular complexity index is 446. The van der Waals surface area contributed by atoms with Crippen LogP contribution in [0.3, 0.4) is 0 Å². The molecule has 0 aromatic rings. The number of nitrogens with two attached hydrogens (primary N) is 1. The van der Waals surface area contributed by atoms with E-state index in [1.165, 1.54) is 17.7 Å². The molecule has 0 aromatic heterocycles. The summed E-state index contributed by atoms with van der Waals surface area (Å²) in [5, 5.41) is -0.180. The van der Waals surface area contributed by atoms with Crippen molar-refractivity contribution in [1.29, 1.82) is 0 Å². The van der Waals surface area contributed by atoms with Crippen molar-refractivity contribution < 1.29 is 9.59 Å². The highest BCUT2D eigenvalue weighted by atomic mass is 32.2. The van der Waals surface area contributed by atoms with Crippen molar-refractivity contribution in [2.75, 3.05) is 13.1 Å². The predicted octanol–water partition coefficient (Wildman–Crippen LogP) is 3.38. The van der Waals surface area contributed by atoms with E-state index < -0.39 is 0 Å². The highest BCUT2D eigenvalue weighted by Crippen LogP contribution is 2.41. The monoisotopic (exact) mass is 310 g/mol. The molecule has 0 spiro atoms. The minimum atomic E-state index is -0.180. The number of allylic oxidation sites excluding steroid dienone is 1. The molecule has 118 valence electrons. The highest BCUT2D eigenvalue weighted by molar-refractivity contribution is 8.18. The maximum Gasteiger partial charge on any atom is 0.293 e. The van der Waals surface area contributed by atoms with Crippen LogP contribution < -0.4 is 5.73 Å². The third-order valence-electron chi connectivity index (χ3n) is 4.61. The molecule has 5 heteroatoms. The molecule has 2 rings (SSSR count). The first-order valence-electron chi connectivity index (χ1n) is 7.78. The second-order valence-corrected chi connectivity index (χ2v) is 8.12. The zero-order chi connectivity index (χ0) is 15.6. The number of amides is 2. The van der Waals surface area contributed by atoms with Gasteiger partial charge in [-0.2, -0.15) is 0 Å². The first kappa shape index (κ1) is 16.6. The maximum atomic E-state index is 12.2. The van der Waals surface area contributed by atoms with Gasteiger partial charge in [-0.1, -0.05) is 26.8 Å². The second-order valence-electron chi connectivity index (χ2n) is 7.12. The Labute approximate surface area is 131 Å². The minimum absolute atomic E-state index is 0.159. The van der Waals surface area contributed by atoms with Crippen molar-refractivity contribution in [3.05, 3.63) is 11.0 Å². The number of nitrogens with zero attached hydrogens (tertiary/aromatic N) is 1. The number of carbonyl (C=O) groups excluding carboxylic acids is 2. The first-order valence-corrected chi connectivity index (χ1v) is 8.60. The summed E-state index contributed by atoms with van der Waals surface area (Å²) >= 11 is 1.06. The molecule has 0 radical (unpaired) electrons. The van der Waals surface area contributed by atoms with E-state index in [2.05, 4.69) is 20.8 Å². The normalized spacial score (nSPS) is 29.5. The summed E-state index contributed by atoms with van der Waals surface area (Å²) in [7, 11) is 0. The van der Waals surface area contributed by atoms with E-state index in [-0.39, 0.29) is 11.1 Å². The van der Waals surface area contributed by atoms with Gasteiger partial charge in [-0.25, -0.2) is 0 Å². The number of thioether (sulfide) groups is 1. The molecule has 0 aromatic carbocycles. The Hall–Kier alpha value is -0.810. The third-order valence-corrected chi connectivity index (χ3v) is 5.54. The molecule has 0 unspecified atom stereocenters. The lowest BCUT2D eigenvalue weighted by Gasteiger charge is -2.36. The molecule has 21 heavy (non-hydrogen) atoms. The maximum absolute atomic E-state index is 12.2. The Kier molecular flexibility index (Phi) is 5.15. The van der Waals surface area contributed by atoms with Crippen molar-refractivity contribution in [1.82, 2.24) is 4.90 Å². The van der Waals surface area contributed by atoms with Gasteiger partial charge in [0.15, 0.2) is 0 Å². The van der Waals surface area contributed by atoms with E-state index in [9.17, 15) is 9.59 Å². The van der Waals surface area contributed by atoms with Gasteiger partial charge in [0.25, 0.3) is 11.1 Å². The van der Waals surface area contributed by atoms with E-state index in [1.807, 2.05) is 6.08 Å². The van der Waals surface area contributed by atoms with E-state index in [0.717, 1.165) is 30.5 Å². The smallest absolute Gasteiger partial charge is 0.293 e. The zero-order valence-electron chi connectivity index (χ0n) is 13.2. The van der Waals surface area contributed by atoms with Gasteiger partial charge in [-0.15, -0.1) is 0 Å². The van der Waals surface area contributed by atoms with Gasteiger partial charge in [-0.05, 0) is 54.7 Å². The van der Waals surface area contributed by atoms with Crippen LogP contribution in [0.5, 0.6) is 0 Å². The summed E-state index contributed by atoms with van der Waals surface area (Å²) in [5.74, 6) is 1.03. The lowest BCUT2D eigenvalue weighted by atomic mass is 9.70. The molecule has 1 aliphatic heterocycles. The van der Waals surface area contributed by atoms with E-state index >= 15 is 0 Å². The SMILES string of the molecule is CC(C)(C)C1CCC(/C=C2/SC(=O)N(CCN)C2=O)CC1. The Morgan fingerprint density at radius 1 is 1.24 bits per heavy atom. The van der Waals surface area contributed by atoms with Crippen LogP contribution in [0.15, 0.2) is 11.0 Å². The Morgan fingerprint density at radius 3 is 2.38 bits per heavy atom. The first-order chi connectivity index (χ1) is 9.82. The van der Waals surface area contributed by atoms with Crippen molar-refractivity contribution in [3.8, 4) is 0 Å². The Morgan fingerprint density at radius 2 is 1.86 bits per heavy atom. The predicted molar refractivity (Wildman–Crippen MR) is 86.7 cm³/mol. The molecular formula is C16H26N2O2S. The molecule has 2 N–H and O–H groups in total. The highest BCUT2D eigenvalue weighted by Gasteiger charge is 2.36. The fourth-order valence-electron chi connectivity index (χ4n) is 3.20. The second kappa shape index (κ2) is 6.53. The average Bonchev–Trinajstić information content (AvgIpc) is 2.66. The van der Waals surface area contributed by atoms with Gasteiger partial charge < -0.3 is 5.73 Å². The van der Waals surface area contributed by atoms with Crippen LogP contribution in [0.1, 0.15) is 46.5 Å². The van der Waals surface area contributed by atoms with Crippen LogP contribution in [0.4, 0.5) is 4.79 Å². The van der Waals surface area contributed by atoms with Crippen LogP contribution in [0.2, 0.25) is 0 Å². The summed E-state index contributed by atoms with van der Waals surface area (Å²) in [4.78, 5) is 25.8. The molecule has 1 aliphatic carbocycles. The van der Waals surface area contributed by atoms with Gasteiger partial charge in [0, 0.05) is 13.1 Å². The molecule has 0 bridgehead atoms. The van der Waals surface area contributed by atoms with Gasteiger partial charge >= 0.3 is 0 Å². The standard InChI is InChI=1S/C16H26N2O2S/c1-16(2,3)12-6-4-11(5-7-12)10-13-14(19)18(9-8-17)15(20)21-13/h10-12H,4-9,17H2,1-3H3/b13-10+. The van der Waals surface area contributed by atoms with E-state index in [0.29, 0.717) is 29.3 Å². The third kappa shape index (κ3) is 3.89. The van der Waals surface area contributed by atoms with Gasteiger partial charge in [-0.3, -0.25) is 14.5 Å². The number of imide groups is 1. The Balaban J connectivity index is 1.96. The minimum Gasteiger partial charge on any atom is -0.329 e. The van der Waals surface area contributed by atoms with Crippen LogP contribution >= 0.6 is 11.8 Å². The van der Waals surface area contributed by atoms with Crippen molar-refractivity contribution in [2.24, 2.45) is 23.0 Å². The lowest BCUT2D eigenvalue weighted by Crippen LogP contribution is -2.33. The molecule has 2 amide bonds. The van der Waals surface area contributed by atoms with Crippen LogP contribution in [0, 0.1) is 17.3 Å². The van der Waals surface area contributed by atoms with Crippen molar-refractivity contribution >= 4 is 22.9 Å². The van der Waals surface area contributed by atoms with Gasteiger partial charge in [0.1, 0.15) is 0 Å². The van der Waals surface area contributed by atoms with Crippen LogP contribution in [-0.4, -0.2) is 29.1 Å². The molecule has 2 aliphatic rings. The summed E-state index contributed by atoms with van der Waals surface area (Å²) in [6.07, 6.45) is 6.67. The molecular weight excluding hydrogens is 284 g/mol. The molecule has 0 atom stereocenters. The van der Waals surface area contributed by atoms with Crippen LogP contribution in [-0.2, 0) is 4.79 Å². The van der Waals surface area contributed by atoms with E-state index in [1.54, 1.807) is 0 Å². The summed E-state index contributed by atoms with van der Waals surface area (Å²) in [6.45, 7) is 7.54. The number of hydrogen-bond donors (Lipinski definition) is 1. The topological polar surface area (TPSA) is 63.4 Å². The quantitative estimate of drug-likeness (QED) is 0.812. The molecule has 1 saturated heterocycles. The van der Waals surface area contributed by atoms with Crippen LogP contribution in [0.25, 0.3) is 0 Å². The van der Waals surface area contributed by atoms with Crippen molar-refractivity contribution in [2.45, 2.75) is 46.5 Å². The van der Waals surface area contributed by atoms with Crippen molar-refractivity contribution in [3.63, 3.8) is 0 Å². The van der Waals surface area contributed by atoms with Gasteiger partial charge in [0.2, 0.25) is 0 Å². The fourth-order valence-corrected chi connectivity index (χ4v) is 4.13. The molecule has 1 heterocycles. The summed E-state index contributed by atoms with van der Waals surface area (Å²) in [6, 6.07) is 0. The number of hydrogen-bond acceptors (Lipinski definition) is 4. The van der Waals surface area contributed by atoms with Gasteiger partial charge in [0.05, 0.1) is 4.91 Å². The average molecular weight is 310 g/mol. The summed E-state index contributed by atoms with van der Waals surface area (Å²) < 4.78 is 0. The molecule has 2 fully saturated rings. The largest absolute Gasteiger partial charge is 0.329 e. The molecule has 4 nitrogen and oxygen atoms in total.